The SMILES string of the molecule is Cc1cc(Cl)ccc1NS(=O)(=O)c1ccc2c(c1)C1C=CCC1C(c1ccccc1Br)N2. The molecule has 32 heavy (non-hydrogen) atoms. The number of allylic oxidation sites excluding steroid dienone is 2. The van der Waals surface area contributed by atoms with E-state index >= 15 is 0 Å². The van der Waals surface area contributed by atoms with Crippen LogP contribution >= 0.6 is 27.5 Å². The lowest BCUT2D eigenvalue weighted by molar-refractivity contribution is 0.424. The molecule has 0 bridgehead atoms. The van der Waals surface area contributed by atoms with E-state index in [4.69, 9.17) is 11.6 Å². The molecule has 7 heteroatoms. The predicted molar refractivity (Wildman–Crippen MR) is 134 cm³/mol. The molecule has 3 atom stereocenters. The van der Waals surface area contributed by atoms with Gasteiger partial charge in [-0.25, -0.2) is 8.42 Å². The zero-order chi connectivity index (χ0) is 22.5. The van der Waals surface area contributed by atoms with Gasteiger partial charge in [-0.2, -0.15) is 0 Å². The van der Waals surface area contributed by atoms with Crippen molar-refractivity contribution < 1.29 is 8.42 Å². The Hall–Kier alpha value is -2.28. The number of fused-ring (bicyclic) bond motifs is 3. The fourth-order valence-electron chi connectivity index (χ4n) is 4.72. The molecule has 0 saturated heterocycles. The Morgan fingerprint density at radius 1 is 1.06 bits per heavy atom. The number of hydrogen-bond acceptors (Lipinski definition) is 3. The second-order valence-corrected chi connectivity index (χ2v) is 11.3. The molecule has 3 aromatic rings. The van der Waals surface area contributed by atoms with Crippen molar-refractivity contribution in [1.82, 2.24) is 0 Å². The van der Waals surface area contributed by atoms with Crippen molar-refractivity contribution in [2.45, 2.75) is 30.2 Å². The lowest BCUT2D eigenvalue weighted by atomic mass is 9.77. The van der Waals surface area contributed by atoms with Crippen LogP contribution in [0.1, 0.15) is 35.1 Å². The summed E-state index contributed by atoms with van der Waals surface area (Å²) < 4.78 is 30.1. The second kappa shape index (κ2) is 8.25. The third-order valence-corrected chi connectivity index (χ3v) is 8.64. The van der Waals surface area contributed by atoms with Crippen LogP contribution in [0.25, 0.3) is 0 Å². The highest BCUT2D eigenvalue weighted by atomic mass is 79.9. The minimum Gasteiger partial charge on any atom is -0.378 e. The minimum atomic E-state index is -3.74. The number of nitrogens with one attached hydrogen (secondary N) is 2. The quantitative estimate of drug-likeness (QED) is 0.356. The van der Waals surface area contributed by atoms with Crippen LogP contribution in [0.4, 0.5) is 11.4 Å². The summed E-state index contributed by atoms with van der Waals surface area (Å²) in [4.78, 5) is 0.255. The lowest BCUT2D eigenvalue weighted by Gasteiger charge is -2.38. The van der Waals surface area contributed by atoms with E-state index in [1.165, 1.54) is 5.56 Å². The first kappa shape index (κ1) is 21.6. The zero-order valence-electron chi connectivity index (χ0n) is 17.3. The Kier molecular flexibility index (Phi) is 5.56. The van der Waals surface area contributed by atoms with E-state index in [1.807, 2.05) is 19.1 Å². The smallest absolute Gasteiger partial charge is 0.261 e. The van der Waals surface area contributed by atoms with Crippen molar-refractivity contribution in [3.8, 4) is 0 Å². The molecule has 4 nitrogen and oxygen atoms in total. The maximum atomic E-state index is 13.2. The maximum Gasteiger partial charge on any atom is 0.261 e. The molecule has 164 valence electrons. The molecule has 2 N–H and O–H groups in total. The summed E-state index contributed by atoms with van der Waals surface area (Å²) in [5.74, 6) is 0.487. The number of benzene rings is 3. The van der Waals surface area contributed by atoms with Gasteiger partial charge in [-0.15, -0.1) is 0 Å². The molecule has 0 aromatic heterocycles. The van der Waals surface area contributed by atoms with Gasteiger partial charge in [0, 0.05) is 21.1 Å². The molecular formula is C25H22BrClN2O2S. The van der Waals surface area contributed by atoms with Crippen molar-refractivity contribution in [1.29, 1.82) is 0 Å². The van der Waals surface area contributed by atoms with Gasteiger partial charge in [0.05, 0.1) is 16.6 Å². The summed E-state index contributed by atoms with van der Waals surface area (Å²) in [6.45, 7) is 1.83. The van der Waals surface area contributed by atoms with Crippen LogP contribution in [-0.2, 0) is 10.0 Å². The van der Waals surface area contributed by atoms with Crippen LogP contribution in [-0.4, -0.2) is 8.42 Å². The van der Waals surface area contributed by atoms with Gasteiger partial charge in [-0.1, -0.05) is 57.9 Å². The van der Waals surface area contributed by atoms with E-state index in [1.54, 1.807) is 30.3 Å². The van der Waals surface area contributed by atoms with Gasteiger partial charge in [0.1, 0.15) is 0 Å². The van der Waals surface area contributed by atoms with E-state index in [0.29, 0.717) is 16.6 Å². The first-order valence-corrected chi connectivity index (χ1v) is 13.1. The van der Waals surface area contributed by atoms with Crippen LogP contribution in [0.5, 0.6) is 0 Å². The Balaban J connectivity index is 1.50. The normalized spacial score (nSPS) is 21.5. The largest absolute Gasteiger partial charge is 0.378 e. The van der Waals surface area contributed by atoms with Crippen LogP contribution in [0.2, 0.25) is 5.02 Å². The summed E-state index contributed by atoms with van der Waals surface area (Å²) in [6, 6.07) is 18.9. The van der Waals surface area contributed by atoms with E-state index in [9.17, 15) is 8.42 Å². The third-order valence-electron chi connectivity index (χ3n) is 6.32. The molecule has 0 radical (unpaired) electrons. The fourth-order valence-corrected chi connectivity index (χ4v) is 6.64. The summed E-state index contributed by atoms with van der Waals surface area (Å²) in [5.41, 5.74) is 4.50. The summed E-state index contributed by atoms with van der Waals surface area (Å²) in [5, 5.41) is 4.24. The first-order chi connectivity index (χ1) is 15.3. The summed E-state index contributed by atoms with van der Waals surface area (Å²) in [7, 11) is -3.74. The first-order valence-electron chi connectivity index (χ1n) is 10.4. The zero-order valence-corrected chi connectivity index (χ0v) is 20.5. The van der Waals surface area contributed by atoms with E-state index in [2.05, 4.69) is 56.3 Å². The Morgan fingerprint density at radius 2 is 1.88 bits per heavy atom. The molecule has 0 saturated carbocycles. The Labute approximate surface area is 201 Å². The minimum absolute atomic E-state index is 0.148. The lowest BCUT2D eigenvalue weighted by Crippen LogP contribution is -2.29. The fraction of sp³-hybridized carbons (Fsp3) is 0.200. The van der Waals surface area contributed by atoms with Crippen molar-refractivity contribution >= 4 is 48.9 Å². The van der Waals surface area contributed by atoms with Gasteiger partial charge in [0.25, 0.3) is 10.0 Å². The number of hydrogen-bond donors (Lipinski definition) is 2. The topological polar surface area (TPSA) is 58.2 Å². The van der Waals surface area contributed by atoms with Gasteiger partial charge in [0.2, 0.25) is 0 Å². The molecule has 3 unspecified atom stereocenters. The number of rotatable bonds is 4. The molecule has 1 aliphatic heterocycles. The number of anilines is 2. The predicted octanol–water partition coefficient (Wildman–Crippen LogP) is 7.04. The molecule has 1 aliphatic carbocycles. The van der Waals surface area contributed by atoms with E-state index in [0.717, 1.165) is 27.7 Å². The van der Waals surface area contributed by atoms with Crippen molar-refractivity contribution in [3.63, 3.8) is 0 Å². The van der Waals surface area contributed by atoms with Gasteiger partial charge >= 0.3 is 0 Å². The standard InChI is InChI=1S/C25H22BrClN2O2S/c1-15-13-16(27)9-11-23(15)29-32(30,31)17-10-12-24-21(14-17)18-6-4-7-19(18)25(28-24)20-5-2-3-8-22(20)26/h2-6,8-14,18-19,25,28-29H,7H2,1H3. The van der Waals surface area contributed by atoms with Gasteiger partial charge in [-0.05, 0) is 78.4 Å². The maximum absolute atomic E-state index is 13.2. The Morgan fingerprint density at radius 3 is 2.66 bits per heavy atom. The molecule has 3 aromatic carbocycles. The molecule has 1 heterocycles. The van der Waals surface area contributed by atoms with Crippen LogP contribution < -0.4 is 10.0 Å². The van der Waals surface area contributed by atoms with Crippen LogP contribution in [0.3, 0.4) is 0 Å². The van der Waals surface area contributed by atoms with E-state index < -0.39 is 10.0 Å². The van der Waals surface area contributed by atoms with Crippen LogP contribution in [0.15, 0.2) is 82.2 Å². The van der Waals surface area contributed by atoms with Crippen molar-refractivity contribution in [2.75, 3.05) is 10.0 Å². The molecule has 5 rings (SSSR count). The monoisotopic (exact) mass is 528 g/mol. The van der Waals surface area contributed by atoms with E-state index in [-0.39, 0.29) is 16.9 Å². The number of halogens is 2. The van der Waals surface area contributed by atoms with Gasteiger partial charge in [0.15, 0.2) is 0 Å². The number of sulfonamides is 1. The highest BCUT2D eigenvalue weighted by molar-refractivity contribution is 9.10. The molecule has 0 spiro atoms. The van der Waals surface area contributed by atoms with Crippen molar-refractivity contribution in [3.05, 3.63) is 99.0 Å². The second-order valence-electron chi connectivity index (χ2n) is 8.31. The van der Waals surface area contributed by atoms with Gasteiger partial charge < -0.3 is 5.32 Å². The average molecular weight is 530 g/mol. The molecule has 0 amide bonds. The number of aryl methyl sites for hydroxylation is 1. The average Bonchev–Trinajstić information content (AvgIpc) is 3.26. The highest BCUT2D eigenvalue weighted by Crippen LogP contribution is 2.51. The van der Waals surface area contributed by atoms with Crippen LogP contribution in [0, 0.1) is 12.8 Å². The molecule has 0 fully saturated rings. The summed E-state index contributed by atoms with van der Waals surface area (Å²) >= 11 is 9.70. The van der Waals surface area contributed by atoms with Gasteiger partial charge in [-0.3, -0.25) is 4.72 Å². The summed E-state index contributed by atoms with van der Waals surface area (Å²) in [6.07, 6.45) is 5.36. The van der Waals surface area contributed by atoms with Crippen molar-refractivity contribution in [2.24, 2.45) is 5.92 Å². The highest BCUT2D eigenvalue weighted by Gasteiger charge is 2.39. The molecule has 2 aliphatic rings. The Bertz CT molecular complexity index is 1340. The molecular weight excluding hydrogens is 508 g/mol. The third kappa shape index (κ3) is 3.85.